The molecule has 0 aliphatic carbocycles. The minimum atomic E-state index is -0.569. The van der Waals surface area contributed by atoms with Crippen molar-refractivity contribution in [2.75, 3.05) is 26.7 Å². The molecular weight excluding hydrogens is 366 g/mol. The highest BCUT2D eigenvalue weighted by molar-refractivity contribution is 6.04. The number of hydrogen-bond acceptors (Lipinski definition) is 5. The first kappa shape index (κ1) is 19.5. The van der Waals surface area contributed by atoms with E-state index in [9.17, 15) is 4.79 Å². The van der Waals surface area contributed by atoms with Crippen LogP contribution in [0.5, 0.6) is 5.75 Å². The molecule has 4 rings (SSSR count). The van der Waals surface area contributed by atoms with Crippen LogP contribution in [0.15, 0.2) is 59.8 Å². The number of ether oxygens (including phenoxy) is 1. The summed E-state index contributed by atoms with van der Waals surface area (Å²) in [6.07, 6.45) is 2.31. The Bertz CT molecular complexity index is 845. The third-order valence-electron chi connectivity index (χ3n) is 5.62. The molecule has 2 aromatic rings. The van der Waals surface area contributed by atoms with Crippen molar-refractivity contribution in [3.63, 3.8) is 0 Å². The lowest BCUT2D eigenvalue weighted by Crippen LogP contribution is -2.41. The highest BCUT2D eigenvalue weighted by Crippen LogP contribution is 2.26. The molecule has 0 saturated carbocycles. The number of hydrogen-bond donors (Lipinski definition) is 1. The van der Waals surface area contributed by atoms with E-state index in [2.05, 4.69) is 27.5 Å². The number of amides is 1. The Balaban J connectivity index is 1.37. The molecule has 6 heteroatoms. The van der Waals surface area contributed by atoms with E-state index in [4.69, 9.17) is 9.57 Å². The highest BCUT2D eigenvalue weighted by atomic mass is 16.6. The molecule has 2 heterocycles. The van der Waals surface area contributed by atoms with E-state index in [-0.39, 0.29) is 11.9 Å². The fraction of sp³-hybridized carbons (Fsp3) is 0.391. The number of likely N-dealkylation sites (tertiary alicyclic amines) is 1. The molecule has 2 aliphatic rings. The first-order chi connectivity index (χ1) is 14.2. The maximum atomic E-state index is 12.7. The van der Waals surface area contributed by atoms with Crippen LogP contribution in [0.2, 0.25) is 0 Å². The molecule has 0 aromatic heterocycles. The Kier molecular flexibility index (Phi) is 6.10. The number of carbonyl (C=O) groups excluding carboxylic acids is 1. The average Bonchev–Trinajstić information content (AvgIpc) is 3.47. The summed E-state index contributed by atoms with van der Waals surface area (Å²) in [5.41, 5.74) is 2.99. The molecule has 1 saturated heterocycles. The van der Waals surface area contributed by atoms with Crippen LogP contribution in [0, 0.1) is 0 Å². The summed E-state index contributed by atoms with van der Waals surface area (Å²) in [6, 6.07) is 18.1. The molecule has 152 valence electrons. The second-order valence-electron chi connectivity index (χ2n) is 7.48. The molecule has 2 aliphatic heterocycles. The van der Waals surface area contributed by atoms with Crippen LogP contribution in [0.3, 0.4) is 0 Å². The van der Waals surface area contributed by atoms with Gasteiger partial charge in [0.25, 0.3) is 5.91 Å². The highest BCUT2D eigenvalue weighted by Gasteiger charge is 2.30. The van der Waals surface area contributed by atoms with Gasteiger partial charge in [-0.2, -0.15) is 0 Å². The Morgan fingerprint density at radius 1 is 1.17 bits per heavy atom. The second-order valence-corrected chi connectivity index (χ2v) is 7.48. The number of oxime groups is 1. The van der Waals surface area contributed by atoms with E-state index in [1.165, 1.54) is 18.4 Å². The van der Waals surface area contributed by atoms with E-state index in [1.54, 1.807) is 7.11 Å². The van der Waals surface area contributed by atoms with E-state index in [0.717, 1.165) is 30.1 Å². The van der Waals surface area contributed by atoms with Gasteiger partial charge in [0.2, 0.25) is 6.10 Å². The van der Waals surface area contributed by atoms with Crippen LogP contribution < -0.4 is 10.1 Å². The number of benzene rings is 2. The summed E-state index contributed by atoms with van der Waals surface area (Å²) in [5.74, 6) is 0.722. The van der Waals surface area contributed by atoms with Gasteiger partial charge in [-0.15, -0.1) is 0 Å². The molecule has 0 bridgehead atoms. The molecule has 1 fully saturated rings. The normalized spacial score (nSPS) is 20.0. The van der Waals surface area contributed by atoms with E-state index in [0.29, 0.717) is 13.0 Å². The van der Waals surface area contributed by atoms with E-state index >= 15 is 0 Å². The number of nitrogens with one attached hydrogen (secondary N) is 1. The van der Waals surface area contributed by atoms with E-state index < -0.39 is 6.10 Å². The first-order valence-electron chi connectivity index (χ1n) is 10.2. The molecule has 2 atom stereocenters. The third kappa shape index (κ3) is 4.59. The predicted molar refractivity (Wildman–Crippen MR) is 112 cm³/mol. The van der Waals surface area contributed by atoms with Crippen LogP contribution in [0.25, 0.3) is 0 Å². The largest absolute Gasteiger partial charge is 0.497 e. The number of methoxy groups -OCH3 is 1. The van der Waals surface area contributed by atoms with Gasteiger partial charge in [-0.05, 0) is 49.2 Å². The molecule has 0 spiro atoms. The van der Waals surface area contributed by atoms with Crippen molar-refractivity contribution in [2.24, 2.45) is 5.16 Å². The quantitative estimate of drug-likeness (QED) is 0.785. The molecule has 2 aromatic carbocycles. The van der Waals surface area contributed by atoms with Crippen LogP contribution >= 0.6 is 0 Å². The topological polar surface area (TPSA) is 63.2 Å². The lowest BCUT2D eigenvalue weighted by atomic mass is 10.0. The van der Waals surface area contributed by atoms with Crippen molar-refractivity contribution < 1.29 is 14.4 Å². The predicted octanol–water partition coefficient (Wildman–Crippen LogP) is 3.14. The smallest absolute Gasteiger partial charge is 0.264 e. The van der Waals surface area contributed by atoms with Gasteiger partial charge in [0.15, 0.2) is 0 Å². The third-order valence-corrected chi connectivity index (χ3v) is 5.62. The Hall–Kier alpha value is -2.86. The lowest BCUT2D eigenvalue weighted by molar-refractivity contribution is -0.131. The maximum Gasteiger partial charge on any atom is 0.264 e. The van der Waals surface area contributed by atoms with Gasteiger partial charge in [0, 0.05) is 13.0 Å². The standard InChI is InChI=1S/C23H27N3O3/c1-28-19-11-9-18(10-12-19)21(26-13-5-6-14-26)16-24-23(27)22-15-20(25-29-22)17-7-3-2-4-8-17/h2-4,7-12,21-22H,5-6,13-16H2,1H3,(H,24,27). The van der Waals surface area contributed by atoms with Gasteiger partial charge in [-0.1, -0.05) is 47.6 Å². The fourth-order valence-corrected chi connectivity index (χ4v) is 3.97. The van der Waals surface area contributed by atoms with Gasteiger partial charge >= 0.3 is 0 Å². The van der Waals surface area contributed by atoms with Crippen molar-refractivity contribution in [3.8, 4) is 5.75 Å². The van der Waals surface area contributed by atoms with Gasteiger partial charge in [0.05, 0.1) is 18.9 Å². The fourth-order valence-electron chi connectivity index (χ4n) is 3.97. The molecule has 6 nitrogen and oxygen atoms in total. The van der Waals surface area contributed by atoms with Gasteiger partial charge in [-0.25, -0.2) is 0 Å². The average molecular weight is 393 g/mol. The van der Waals surface area contributed by atoms with Crippen LogP contribution in [0.1, 0.15) is 36.4 Å². The van der Waals surface area contributed by atoms with Crippen molar-refractivity contribution in [1.29, 1.82) is 0 Å². The van der Waals surface area contributed by atoms with E-state index in [1.807, 2.05) is 42.5 Å². The van der Waals surface area contributed by atoms with Gasteiger partial charge < -0.3 is 14.9 Å². The van der Waals surface area contributed by atoms with Crippen molar-refractivity contribution >= 4 is 11.6 Å². The Labute approximate surface area is 171 Å². The zero-order valence-corrected chi connectivity index (χ0v) is 16.7. The SMILES string of the molecule is COc1ccc(C(CNC(=O)C2CC(c3ccccc3)=NO2)N2CCCC2)cc1. The molecule has 1 amide bonds. The van der Waals surface area contributed by atoms with Gasteiger partial charge in [0.1, 0.15) is 5.75 Å². The number of rotatable bonds is 7. The minimum Gasteiger partial charge on any atom is -0.497 e. The summed E-state index contributed by atoms with van der Waals surface area (Å²) in [5, 5.41) is 7.21. The second kappa shape index (κ2) is 9.09. The Morgan fingerprint density at radius 3 is 2.59 bits per heavy atom. The van der Waals surface area contributed by atoms with Crippen molar-refractivity contribution in [2.45, 2.75) is 31.4 Å². The summed E-state index contributed by atoms with van der Waals surface area (Å²) in [7, 11) is 1.67. The molecule has 2 unspecified atom stereocenters. The van der Waals surface area contributed by atoms with Crippen molar-refractivity contribution in [1.82, 2.24) is 10.2 Å². The number of nitrogens with zero attached hydrogens (tertiary/aromatic N) is 2. The van der Waals surface area contributed by atoms with Crippen LogP contribution in [0.4, 0.5) is 0 Å². The summed E-state index contributed by atoms with van der Waals surface area (Å²) < 4.78 is 5.27. The van der Waals surface area contributed by atoms with Crippen molar-refractivity contribution in [3.05, 3.63) is 65.7 Å². The maximum absolute atomic E-state index is 12.7. The zero-order chi connectivity index (χ0) is 20.1. The monoisotopic (exact) mass is 393 g/mol. The molecule has 29 heavy (non-hydrogen) atoms. The van der Waals surface area contributed by atoms with Gasteiger partial charge in [-0.3, -0.25) is 9.69 Å². The zero-order valence-electron chi connectivity index (χ0n) is 16.7. The first-order valence-corrected chi connectivity index (χ1v) is 10.2. The minimum absolute atomic E-state index is 0.114. The molecule has 1 N–H and O–H groups in total. The molecular formula is C23H27N3O3. The lowest BCUT2D eigenvalue weighted by Gasteiger charge is -2.28. The summed E-state index contributed by atoms with van der Waals surface area (Å²) in [6.45, 7) is 2.65. The summed E-state index contributed by atoms with van der Waals surface area (Å²) in [4.78, 5) is 20.6. The Morgan fingerprint density at radius 2 is 1.90 bits per heavy atom. The van der Waals surface area contributed by atoms with Crippen LogP contribution in [-0.4, -0.2) is 49.4 Å². The summed E-state index contributed by atoms with van der Waals surface area (Å²) >= 11 is 0. The molecule has 0 radical (unpaired) electrons. The number of carbonyl (C=O) groups is 1. The van der Waals surface area contributed by atoms with Crippen LogP contribution in [-0.2, 0) is 9.63 Å².